The van der Waals surface area contributed by atoms with Gasteiger partial charge < -0.3 is 9.13 Å². The van der Waals surface area contributed by atoms with E-state index in [1.807, 2.05) is 146 Å². The number of aromatic nitrogens is 5. The van der Waals surface area contributed by atoms with Crippen LogP contribution in [0, 0.1) is 29.2 Å². The van der Waals surface area contributed by atoms with Gasteiger partial charge in [0.1, 0.15) is 0 Å². The Morgan fingerprint density at radius 2 is 0.871 bits per heavy atom. The van der Waals surface area contributed by atoms with E-state index in [2.05, 4.69) is 62.5 Å². The van der Waals surface area contributed by atoms with E-state index in [4.69, 9.17) is 21.5 Å². The summed E-state index contributed by atoms with van der Waals surface area (Å²) in [5, 5.41) is 23.8. The minimum Gasteiger partial charge on any atom is -0.310 e. The van der Waals surface area contributed by atoms with Crippen LogP contribution in [0.25, 0.3) is 105 Å². The van der Waals surface area contributed by atoms with Crippen molar-refractivity contribution in [1.82, 2.24) is 24.1 Å². The predicted molar refractivity (Wildman–Crippen MR) is 246 cm³/mol. The summed E-state index contributed by atoms with van der Waals surface area (Å²) in [7, 11) is 0. The predicted octanol–water partition coefficient (Wildman–Crippen LogP) is 13.0. The fraction of sp³-hybridized carbons (Fsp3) is 0. The van der Waals surface area contributed by atoms with Crippen LogP contribution >= 0.6 is 0 Å². The lowest BCUT2D eigenvalue weighted by atomic mass is 9.93. The van der Waals surface area contributed by atoms with Crippen LogP contribution in [-0.2, 0) is 0 Å². The lowest BCUT2D eigenvalue weighted by Crippen LogP contribution is -2.06. The lowest BCUT2D eigenvalue weighted by molar-refractivity contribution is 1.07. The number of benzene rings is 8. The van der Waals surface area contributed by atoms with E-state index in [-0.39, 0.29) is 0 Å². The Labute approximate surface area is 355 Å². The van der Waals surface area contributed by atoms with Gasteiger partial charge in [0.05, 0.1) is 57.6 Å². The lowest BCUT2D eigenvalue weighted by Gasteiger charge is -2.22. The summed E-state index contributed by atoms with van der Waals surface area (Å²) in [4.78, 5) is 19.7. The zero-order valence-corrected chi connectivity index (χ0v) is 32.9. The van der Waals surface area contributed by atoms with Crippen molar-refractivity contribution < 1.29 is 0 Å². The first-order chi connectivity index (χ1) is 30.6. The summed E-state index contributed by atoms with van der Waals surface area (Å²) in [5.41, 5.74) is 10.6. The van der Waals surface area contributed by atoms with Crippen molar-refractivity contribution >= 4 is 49.3 Å². The van der Waals surface area contributed by atoms with Crippen molar-refractivity contribution in [2.45, 2.75) is 0 Å². The van der Waals surface area contributed by atoms with Gasteiger partial charge in [-0.2, -0.15) is 10.5 Å². The normalized spacial score (nSPS) is 11.2. The summed E-state index contributed by atoms with van der Waals surface area (Å²) in [6.45, 7) is 8.76. The summed E-state index contributed by atoms with van der Waals surface area (Å²) in [5.74, 6) is 1.47. The second-order valence-corrected chi connectivity index (χ2v) is 14.9. The number of hydrogen-bond donors (Lipinski definition) is 0. The highest BCUT2D eigenvalue weighted by atomic mass is 15.0. The number of fused-ring (bicyclic) bond motifs is 6. The van der Waals surface area contributed by atoms with E-state index < -0.39 is 0 Å². The van der Waals surface area contributed by atoms with Crippen molar-refractivity contribution in [3.8, 4) is 68.8 Å². The maximum atomic E-state index is 9.99. The zero-order chi connectivity index (χ0) is 41.7. The van der Waals surface area contributed by atoms with Crippen molar-refractivity contribution in [3.63, 3.8) is 0 Å². The molecule has 0 unspecified atom stereocenters. The molecule has 0 fully saturated rings. The fourth-order valence-corrected chi connectivity index (χ4v) is 8.77. The van der Waals surface area contributed by atoms with Gasteiger partial charge in [-0.3, -0.25) is 0 Å². The van der Waals surface area contributed by atoms with E-state index >= 15 is 0 Å². The van der Waals surface area contributed by atoms with Crippen LogP contribution in [0.4, 0.5) is 5.69 Å². The zero-order valence-electron chi connectivity index (χ0n) is 32.9. The average Bonchev–Trinajstić information content (AvgIpc) is 3.85. The van der Waals surface area contributed by atoms with Gasteiger partial charge in [0.2, 0.25) is 0 Å². The molecule has 0 saturated heterocycles. The monoisotopic (exact) mass is 790 g/mol. The Morgan fingerprint density at radius 1 is 0.419 bits per heavy atom. The molecule has 62 heavy (non-hydrogen) atoms. The Bertz CT molecular complexity index is 3670. The second-order valence-electron chi connectivity index (χ2n) is 14.9. The first-order valence-corrected chi connectivity index (χ1v) is 20.0. The van der Waals surface area contributed by atoms with Crippen LogP contribution in [0.5, 0.6) is 0 Å². The largest absolute Gasteiger partial charge is 0.310 e. The molecule has 0 aliphatic heterocycles. The van der Waals surface area contributed by atoms with Gasteiger partial charge in [0, 0.05) is 55.0 Å². The van der Waals surface area contributed by atoms with Crippen molar-refractivity contribution in [1.29, 1.82) is 10.5 Å². The highest BCUT2D eigenvalue weighted by Crippen LogP contribution is 2.48. The molecule has 11 rings (SSSR count). The molecule has 0 amide bonds. The maximum Gasteiger partial charge on any atom is 0.197 e. The molecule has 8 heteroatoms. The third-order valence-electron chi connectivity index (χ3n) is 11.5. The molecule has 8 aromatic carbocycles. The molecule has 3 aromatic heterocycles. The third kappa shape index (κ3) is 5.70. The first kappa shape index (κ1) is 36.0. The van der Waals surface area contributed by atoms with Gasteiger partial charge in [0.15, 0.2) is 23.2 Å². The quantitative estimate of drug-likeness (QED) is 0.156. The molecule has 0 atom stereocenters. The Morgan fingerprint density at radius 3 is 1.39 bits per heavy atom. The van der Waals surface area contributed by atoms with E-state index in [0.717, 1.165) is 71.7 Å². The summed E-state index contributed by atoms with van der Waals surface area (Å²) >= 11 is 0. The highest BCUT2D eigenvalue weighted by molar-refractivity contribution is 6.13. The summed E-state index contributed by atoms with van der Waals surface area (Å²) < 4.78 is 4.41. The number of hydrogen-bond acceptors (Lipinski definition) is 5. The molecule has 0 aliphatic rings. The van der Waals surface area contributed by atoms with Crippen LogP contribution in [0.2, 0.25) is 0 Å². The number of nitrogens with zero attached hydrogens (tertiary/aromatic N) is 8. The van der Waals surface area contributed by atoms with Gasteiger partial charge >= 0.3 is 0 Å². The standard InChI is InChI=1S/C54H30N8/c1-57-43-21-13-25-49(62-45-23-11-9-19-39(45)42-31-35(33-56)27-29-47(42)62)51(43)50-40(54-59-52(36-14-4-2-5-15-36)58-53(60-54)37-16-6-3-7-17-37)20-12-24-48(50)61-44-22-10-8-18-38(44)41-30-34(32-55)26-28-46(41)61/h2-31H. The number of nitriles is 2. The summed E-state index contributed by atoms with van der Waals surface area (Å²) in [6, 6.07) is 64.3. The molecular weight excluding hydrogens is 761 g/mol. The minimum absolute atomic E-state index is 0.434. The van der Waals surface area contributed by atoms with Gasteiger partial charge in [-0.15, -0.1) is 0 Å². The molecule has 11 aromatic rings. The molecule has 8 nitrogen and oxygen atoms in total. The molecule has 286 valence electrons. The van der Waals surface area contributed by atoms with Crippen molar-refractivity contribution in [2.24, 2.45) is 0 Å². The topological polar surface area (TPSA) is 100 Å². The van der Waals surface area contributed by atoms with Gasteiger partial charge in [0.25, 0.3) is 0 Å². The third-order valence-corrected chi connectivity index (χ3v) is 11.5. The van der Waals surface area contributed by atoms with Crippen LogP contribution in [0.3, 0.4) is 0 Å². The maximum absolute atomic E-state index is 9.99. The van der Waals surface area contributed by atoms with Gasteiger partial charge in [-0.25, -0.2) is 19.8 Å². The van der Waals surface area contributed by atoms with E-state index in [9.17, 15) is 10.5 Å². The van der Waals surface area contributed by atoms with Crippen molar-refractivity contribution in [2.75, 3.05) is 0 Å². The Kier molecular flexibility index (Phi) is 8.46. The highest BCUT2D eigenvalue weighted by Gasteiger charge is 2.27. The molecule has 0 N–H and O–H groups in total. The summed E-state index contributed by atoms with van der Waals surface area (Å²) in [6.07, 6.45) is 0. The van der Waals surface area contributed by atoms with Crippen LogP contribution in [0.1, 0.15) is 11.1 Å². The molecular formula is C54H30N8. The van der Waals surface area contributed by atoms with E-state index in [1.54, 1.807) is 0 Å². The number of para-hydroxylation sites is 2. The second kappa shape index (κ2) is 14.6. The number of rotatable bonds is 6. The van der Waals surface area contributed by atoms with Crippen LogP contribution in [-0.4, -0.2) is 24.1 Å². The Hall–Kier alpha value is -9.16. The Balaban J connectivity index is 1.32. The average molecular weight is 791 g/mol. The minimum atomic E-state index is 0.434. The molecule has 0 spiro atoms. The smallest absolute Gasteiger partial charge is 0.197 e. The molecule has 3 heterocycles. The van der Waals surface area contributed by atoms with Crippen LogP contribution in [0.15, 0.2) is 182 Å². The van der Waals surface area contributed by atoms with E-state index in [0.29, 0.717) is 45.4 Å². The fourth-order valence-electron chi connectivity index (χ4n) is 8.77. The molecule has 0 bridgehead atoms. The first-order valence-electron chi connectivity index (χ1n) is 20.0. The molecule has 0 saturated carbocycles. The molecule has 0 aliphatic carbocycles. The van der Waals surface area contributed by atoms with E-state index in [1.165, 1.54) is 0 Å². The van der Waals surface area contributed by atoms with Crippen molar-refractivity contribution in [3.05, 3.63) is 205 Å². The molecule has 0 radical (unpaired) electrons. The SMILES string of the molecule is [C-]#[N+]c1cccc(-n2c3ccccc3c3cc(C#N)ccc32)c1-c1c(-c2nc(-c3ccccc3)nc(-c3ccccc3)n2)cccc1-n1c2ccccc2c2cc(C#N)ccc21. The van der Waals surface area contributed by atoms with Gasteiger partial charge in [-0.05, 0) is 60.7 Å². The van der Waals surface area contributed by atoms with Gasteiger partial charge in [-0.1, -0.05) is 121 Å². The van der Waals surface area contributed by atoms with Crippen LogP contribution < -0.4 is 0 Å².